The Morgan fingerprint density at radius 2 is 2.05 bits per heavy atom. The molecule has 108 valence electrons. The molecule has 3 atom stereocenters. The van der Waals surface area contributed by atoms with Crippen LogP contribution in [0.15, 0.2) is 12.2 Å². The van der Waals surface area contributed by atoms with Gasteiger partial charge in [-0.15, -0.1) is 0 Å². The minimum absolute atomic E-state index is 0.313. The first-order chi connectivity index (χ1) is 8.90. The summed E-state index contributed by atoms with van der Waals surface area (Å²) in [5.74, 6) is 1.34. The van der Waals surface area contributed by atoms with Crippen LogP contribution in [0.4, 0.5) is 0 Å². The molecule has 0 aliphatic carbocycles. The van der Waals surface area contributed by atoms with Gasteiger partial charge < -0.3 is 4.90 Å². The van der Waals surface area contributed by atoms with Crippen LogP contribution in [0.25, 0.3) is 0 Å². The van der Waals surface area contributed by atoms with Crippen molar-refractivity contribution in [2.45, 2.75) is 52.6 Å². The molecule has 2 unspecified atom stereocenters. The van der Waals surface area contributed by atoms with Crippen molar-refractivity contribution in [3.8, 4) is 0 Å². The maximum Gasteiger partial charge on any atom is 0.222 e. The quantitative estimate of drug-likeness (QED) is 0.716. The molecule has 0 aromatic heterocycles. The Bertz CT molecular complexity index is 364. The monoisotopic (exact) mass is 264 g/mol. The van der Waals surface area contributed by atoms with E-state index >= 15 is 0 Å². The first kappa shape index (κ1) is 14.6. The third kappa shape index (κ3) is 3.02. The SMILES string of the molecule is C=C1C(C)CC(C)N2CCN(C(=O)CC(C)C)C[C@@H]12. The summed E-state index contributed by atoms with van der Waals surface area (Å²) in [5, 5.41) is 0. The second-order valence-corrected chi connectivity index (χ2v) is 6.75. The smallest absolute Gasteiger partial charge is 0.222 e. The zero-order chi connectivity index (χ0) is 14.2. The highest BCUT2D eigenvalue weighted by Crippen LogP contribution is 2.33. The summed E-state index contributed by atoms with van der Waals surface area (Å²) >= 11 is 0. The van der Waals surface area contributed by atoms with Crippen LogP contribution in [-0.2, 0) is 4.79 Å². The summed E-state index contributed by atoms with van der Waals surface area (Å²) in [6.07, 6.45) is 1.87. The second-order valence-electron chi connectivity index (χ2n) is 6.75. The van der Waals surface area contributed by atoms with Gasteiger partial charge >= 0.3 is 0 Å². The molecule has 0 saturated carbocycles. The fourth-order valence-corrected chi connectivity index (χ4v) is 3.49. The van der Waals surface area contributed by atoms with Gasteiger partial charge in [-0.3, -0.25) is 9.69 Å². The molecule has 1 amide bonds. The fourth-order valence-electron chi connectivity index (χ4n) is 3.49. The third-order valence-electron chi connectivity index (χ3n) is 4.68. The van der Waals surface area contributed by atoms with E-state index in [0.29, 0.717) is 36.2 Å². The summed E-state index contributed by atoms with van der Waals surface area (Å²) < 4.78 is 0. The minimum Gasteiger partial charge on any atom is -0.340 e. The number of hydrogen-bond acceptors (Lipinski definition) is 2. The van der Waals surface area contributed by atoms with Crippen LogP contribution in [0, 0.1) is 11.8 Å². The van der Waals surface area contributed by atoms with Crippen molar-refractivity contribution >= 4 is 5.91 Å². The summed E-state index contributed by atoms with van der Waals surface area (Å²) in [5.41, 5.74) is 1.32. The van der Waals surface area contributed by atoms with E-state index in [1.54, 1.807) is 0 Å². The van der Waals surface area contributed by atoms with Crippen molar-refractivity contribution in [1.82, 2.24) is 9.80 Å². The molecule has 2 aliphatic rings. The first-order valence-corrected chi connectivity index (χ1v) is 7.62. The van der Waals surface area contributed by atoms with Crippen molar-refractivity contribution < 1.29 is 4.79 Å². The van der Waals surface area contributed by atoms with Gasteiger partial charge in [0.15, 0.2) is 0 Å². The summed E-state index contributed by atoms with van der Waals surface area (Å²) in [7, 11) is 0. The molecule has 0 N–H and O–H groups in total. The Morgan fingerprint density at radius 3 is 2.68 bits per heavy atom. The van der Waals surface area contributed by atoms with E-state index in [0.717, 1.165) is 19.6 Å². The molecule has 2 aliphatic heterocycles. The number of carbonyl (C=O) groups excluding carboxylic acids is 1. The number of nitrogens with zero attached hydrogens (tertiary/aromatic N) is 2. The van der Waals surface area contributed by atoms with Gasteiger partial charge in [-0.25, -0.2) is 0 Å². The predicted molar refractivity (Wildman–Crippen MR) is 78.9 cm³/mol. The van der Waals surface area contributed by atoms with Crippen LogP contribution in [0.2, 0.25) is 0 Å². The van der Waals surface area contributed by atoms with Gasteiger partial charge in [0.2, 0.25) is 5.91 Å². The standard InChI is InChI=1S/C16H28N2O/c1-11(2)8-16(19)17-6-7-18-13(4)9-12(3)14(5)15(18)10-17/h11-13,15H,5-10H2,1-4H3/t12?,13?,15-/m0/s1. The molecule has 0 radical (unpaired) electrons. The molecular formula is C16H28N2O. The average Bonchev–Trinajstić information content (AvgIpc) is 2.34. The van der Waals surface area contributed by atoms with Crippen LogP contribution >= 0.6 is 0 Å². The topological polar surface area (TPSA) is 23.6 Å². The molecule has 2 fully saturated rings. The van der Waals surface area contributed by atoms with Gasteiger partial charge in [-0.1, -0.05) is 32.9 Å². The van der Waals surface area contributed by atoms with Crippen molar-refractivity contribution in [3.05, 3.63) is 12.2 Å². The fraction of sp³-hybridized carbons (Fsp3) is 0.812. The number of piperazine rings is 1. The van der Waals surface area contributed by atoms with Gasteiger partial charge in [0.1, 0.15) is 0 Å². The molecule has 0 aromatic rings. The highest BCUT2D eigenvalue weighted by atomic mass is 16.2. The van der Waals surface area contributed by atoms with E-state index in [2.05, 4.69) is 44.1 Å². The Morgan fingerprint density at radius 1 is 1.37 bits per heavy atom. The maximum absolute atomic E-state index is 12.2. The zero-order valence-corrected chi connectivity index (χ0v) is 12.9. The summed E-state index contributed by atoms with van der Waals surface area (Å²) in [6.45, 7) is 15.8. The first-order valence-electron chi connectivity index (χ1n) is 7.62. The second kappa shape index (κ2) is 5.66. The zero-order valence-electron chi connectivity index (χ0n) is 12.9. The van der Waals surface area contributed by atoms with Crippen molar-refractivity contribution in [2.24, 2.45) is 11.8 Å². The van der Waals surface area contributed by atoms with Crippen LogP contribution < -0.4 is 0 Å². The lowest BCUT2D eigenvalue weighted by molar-refractivity contribution is -0.135. The molecule has 3 nitrogen and oxygen atoms in total. The lowest BCUT2D eigenvalue weighted by Crippen LogP contribution is -2.60. The highest BCUT2D eigenvalue weighted by Gasteiger charge is 2.38. The lowest BCUT2D eigenvalue weighted by Gasteiger charge is -2.50. The number of piperidine rings is 1. The van der Waals surface area contributed by atoms with Gasteiger partial charge in [-0.2, -0.15) is 0 Å². The van der Waals surface area contributed by atoms with E-state index in [9.17, 15) is 4.79 Å². The third-order valence-corrected chi connectivity index (χ3v) is 4.68. The number of hydrogen-bond donors (Lipinski definition) is 0. The Labute approximate surface area is 117 Å². The number of amides is 1. The molecule has 0 spiro atoms. The molecule has 2 rings (SSSR count). The van der Waals surface area contributed by atoms with E-state index in [4.69, 9.17) is 0 Å². The predicted octanol–water partition coefficient (Wildman–Crippen LogP) is 2.53. The van der Waals surface area contributed by atoms with Gasteiger partial charge in [0.05, 0.1) is 0 Å². The summed E-state index contributed by atoms with van der Waals surface area (Å²) in [6, 6.07) is 0.997. The van der Waals surface area contributed by atoms with Crippen LogP contribution in [0.3, 0.4) is 0 Å². The van der Waals surface area contributed by atoms with Crippen molar-refractivity contribution in [2.75, 3.05) is 19.6 Å². The van der Waals surface area contributed by atoms with E-state index in [1.165, 1.54) is 12.0 Å². The van der Waals surface area contributed by atoms with E-state index < -0.39 is 0 Å². The van der Waals surface area contributed by atoms with Gasteiger partial charge in [0.25, 0.3) is 0 Å². The molecule has 3 heteroatoms. The lowest BCUT2D eigenvalue weighted by atomic mass is 9.82. The van der Waals surface area contributed by atoms with Crippen LogP contribution in [0.1, 0.15) is 40.5 Å². The summed E-state index contributed by atoms with van der Waals surface area (Å²) in [4.78, 5) is 16.8. The molecular weight excluding hydrogens is 236 g/mol. The molecule has 0 bridgehead atoms. The van der Waals surface area contributed by atoms with Crippen molar-refractivity contribution in [1.29, 1.82) is 0 Å². The Kier molecular flexibility index (Phi) is 4.34. The molecule has 0 aromatic carbocycles. The van der Waals surface area contributed by atoms with Gasteiger partial charge in [0, 0.05) is 38.1 Å². The van der Waals surface area contributed by atoms with Crippen LogP contribution in [0.5, 0.6) is 0 Å². The maximum atomic E-state index is 12.2. The van der Waals surface area contributed by atoms with E-state index in [1.807, 2.05) is 0 Å². The Balaban J connectivity index is 2.04. The normalized spacial score (nSPS) is 32.6. The van der Waals surface area contributed by atoms with Gasteiger partial charge in [-0.05, 0) is 25.2 Å². The Hall–Kier alpha value is -0.830. The van der Waals surface area contributed by atoms with E-state index in [-0.39, 0.29) is 0 Å². The average molecular weight is 264 g/mol. The molecule has 2 saturated heterocycles. The highest BCUT2D eigenvalue weighted by molar-refractivity contribution is 5.76. The number of rotatable bonds is 2. The van der Waals surface area contributed by atoms with Crippen molar-refractivity contribution in [3.63, 3.8) is 0 Å². The molecule has 2 heterocycles. The minimum atomic E-state index is 0.313. The largest absolute Gasteiger partial charge is 0.340 e. The van der Waals surface area contributed by atoms with Crippen LogP contribution in [-0.4, -0.2) is 47.4 Å². The number of carbonyl (C=O) groups is 1. The molecule has 19 heavy (non-hydrogen) atoms. The number of fused-ring (bicyclic) bond motifs is 1.